The van der Waals surface area contributed by atoms with E-state index in [9.17, 15) is 9.59 Å². The Balaban J connectivity index is 1.48. The number of aryl methyl sites for hydroxylation is 3. The molecule has 7 heteroatoms. The van der Waals surface area contributed by atoms with Gasteiger partial charge in [-0.2, -0.15) is 5.10 Å². The molecule has 0 aliphatic carbocycles. The standard InChI is InChI=1S/C22H32N4O3/c1-15(2)18-10-9-16(3)19(14-18)29-17(4)21(27)23-11-7-13-26-22(28)25-12-6-5-8-20(25)24-26/h9-10,14-15,17H,5-8,11-13H2,1-4H3,(H,23,27). The Kier molecular flexibility index (Phi) is 6.77. The van der Waals surface area contributed by atoms with Crippen molar-refractivity contribution in [2.45, 2.75) is 78.5 Å². The van der Waals surface area contributed by atoms with Gasteiger partial charge in [-0.25, -0.2) is 9.48 Å². The van der Waals surface area contributed by atoms with Gasteiger partial charge in [0.15, 0.2) is 6.10 Å². The van der Waals surface area contributed by atoms with E-state index in [1.54, 1.807) is 11.5 Å². The molecule has 0 radical (unpaired) electrons. The lowest BCUT2D eigenvalue weighted by Crippen LogP contribution is -2.37. The van der Waals surface area contributed by atoms with Crippen LogP contribution in [0.15, 0.2) is 23.0 Å². The minimum absolute atomic E-state index is 0.0387. The van der Waals surface area contributed by atoms with Crippen molar-refractivity contribution in [3.05, 3.63) is 45.6 Å². The number of carbonyl (C=O) groups is 1. The molecular weight excluding hydrogens is 368 g/mol. The van der Waals surface area contributed by atoms with Gasteiger partial charge in [0.25, 0.3) is 5.91 Å². The van der Waals surface area contributed by atoms with Gasteiger partial charge in [0.1, 0.15) is 11.6 Å². The van der Waals surface area contributed by atoms with E-state index in [4.69, 9.17) is 4.74 Å². The number of nitrogens with zero attached hydrogens (tertiary/aromatic N) is 3. The van der Waals surface area contributed by atoms with Gasteiger partial charge >= 0.3 is 5.69 Å². The van der Waals surface area contributed by atoms with Crippen molar-refractivity contribution in [1.29, 1.82) is 0 Å². The summed E-state index contributed by atoms with van der Waals surface area (Å²) in [4.78, 5) is 24.7. The molecule has 0 fully saturated rings. The summed E-state index contributed by atoms with van der Waals surface area (Å²) < 4.78 is 9.20. The summed E-state index contributed by atoms with van der Waals surface area (Å²) in [5.41, 5.74) is 2.16. The Bertz CT molecular complexity index is 913. The van der Waals surface area contributed by atoms with Crippen molar-refractivity contribution < 1.29 is 9.53 Å². The van der Waals surface area contributed by atoms with Crippen LogP contribution < -0.4 is 15.7 Å². The second-order valence-corrected chi connectivity index (χ2v) is 8.11. The number of ether oxygens (including phenoxy) is 1. The Labute approximate surface area is 172 Å². The molecule has 29 heavy (non-hydrogen) atoms. The maximum absolute atomic E-state index is 12.4. The number of nitrogens with one attached hydrogen (secondary N) is 1. The van der Waals surface area contributed by atoms with Gasteiger partial charge in [-0.05, 0) is 56.2 Å². The second-order valence-electron chi connectivity index (χ2n) is 8.11. The highest BCUT2D eigenvalue weighted by molar-refractivity contribution is 5.80. The number of benzene rings is 1. The largest absolute Gasteiger partial charge is 0.481 e. The molecular formula is C22H32N4O3. The van der Waals surface area contributed by atoms with Crippen LogP contribution in [0.5, 0.6) is 5.75 Å². The van der Waals surface area contributed by atoms with Crippen molar-refractivity contribution in [3.8, 4) is 5.75 Å². The highest BCUT2D eigenvalue weighted by Crippen LogP contribution is 2.25. The molecule has 2 aromatic rings. The summed E-state index contributed by atoms with van der Waals surface area (Å²) in [6.45, 7) is 9.74. The third kappa shape index (κ3) is 5.08. The fourth-order valence-corrected chi connectivity index (χ4v) is 3.53. The van der Waals surface area contributed by atoms with Gasteiger partial charge in [0, 0.05) is 26.1 Å². The SMILES string of the molecule is Cc1ccc(C(C)C)cc1OC(C)C(=O)NCCCn1nc2n(c1=O)CCCC2. The van der Waals surface area contributed by atoms with E-state index in [1.807, 2.05) is 19.1 Å². The molecule has 0 spiro atoms. The van der Waals surface area contributed by atoms with Crippen LogP contribution in [0.1, 0.15) is 62.9 Å². The number of hydrogen-bond acceptors (Lipinski definition) is 4. The van der Waals surface area contributed by atoms with E-state index in [2.05, 4.69) is 30.3 Å². The average molecular weight is 401 g/mol. The Morgan fingerprint density at radius 1 is 1.28 bits per heavy atom. The molecule has 0 saturated carbocycles. The van der Waals surface area contributed by atoms with Gasteiger partial charge in [0.05, 0.1) is 0 Å². The van der Waals surface area contributed by atoms with Crippen LogP contribution >= 0.6 is 0 Å². The maximum atomic E-state index is 12.4. The Morgan fingerprint density at radius 3 is 2.79 bits per heavy atom. The monoisotopic (exact) mass is 400 g/mol. The van der Waals surface area contributed by atoms with Crippen molar-refractivity contribution >= 4 is 5.91 Å². The first-order valence-corrected chi connectivity index (χ1v) is 10.6. The molecule has 1 N–H and O–H groups in total. The van der Waals surface area contributed by atoms with Crippen LogP contribution in [0, 0.1) is 6.92 Å². The number of hydrogen-bond donors (Lipinski definition) is 1. The highest BCUT2D eigenvalue weighted by atomic mass is 16.5. The normalized spacial score (nSPS) is 14.5. The highest BCUT2D eigenvalue weighted by Gasteiger charge is 2.18. The van der Waals surface area contributed by atoms with Gasteiger partial charge in [-0.1, -0.05) is 26.0 Å². The summed E-state index contributed by atoms with van der Waals surface area (Å²) in [7, 11) is 0. The fraction of sp³-hybridized carbons (Fsp3) is 0.591. The number of rotatable bonds is 8. The Hall–Kier alpha value is -2.57. The van der Waals surface area contributed by atoms with Gasteiger partial charge in [-0.15, -0.1) is 0 Å². The Morgan fingerprint density at radius 2 is 2.07 bits per heavy atom. The van der Waals surface area contributed by atoms with Crippen LogP contribution in [-0.2, 0) is 24.3 Å². The molecule has 1 aliphatic rings. The second kappa shape index (κ2) is 9.29. The van der Waals surface area contributed by atoms with Crippen molar-refractivity contribution in [2.75, 3.05) is 6.54 Å². The van der Waals surface area contributed by atoms with Crippen LogP contribution in [0.25, 0.3) is 0 Å². The minimum atomic E-state index is -0.584. The van der Waals surface area contributed by atoms with E-state index in [-0.39, 0.29) is 11.6 Å². The van der Waals surface area contributed by atoms with Gasteiger partial charge in [-0.3, -0.25) is 9.36 Å². The van der Waals surface area contributed by atoms with E-state index < -0.39 is 6.10 Å². The molecule has 0 bridgehead atoms. The molecule has 0 saturated heterocycles. The number of fused-ring (bicyclic) bond motifs is 1. The zero-order valence-corrected chi connectivity index (χ0v) is 17.9. The quantitative estimate of drug-likeness (QED) is 0.691. The molecule has 1 aliphatic heterocycles. The molecule has 1 unspecified atom stereocenters. The molecule has 1 aromatic heterocycles. The predicted octanol–water partition coefficient (Wildman–Crippen LogP) is 2.79. The first-order valence-electron chi connectivity index (χ1n) is 10.6. The van der Waals surface area contributed by atoms with Crippen LogP contribution in [0.4, 0.5) is 0 Å². The molecule has 158 valence electrons. The molecule has 1 atom stereocenters. The maximum Gasteiger partial charge on any atom is 0.345 e. The lowest BCUT2D eigenvalue weighted by atomic mass is 10.0. The topological polar surface area (TPSA) is 78.2 Å². The third-order valence-electron chi connectivity index (χ3n) is 5.43. The third-order valence-corrected chi connectivity index (χ3v) is 5.43. The molecule has 1 aromatic carbocycles. The van der Waals surface area contributed by atoms with Crippen LogP contribution in [0.2, 0.25) is 0 Å². The van der Waals surface area contributed by atoms with E-state index >= 15 is 0 Å². The fourth-order valence-electron chi connectivity index (χ4n) is 3.53. The van der Waals surface area contributed by atoms with Crippen LogP contribution in [0.3, 0.4) is 0 Å². The zero-order valence-electron chi connectivity index (χ0n) is 17.9. The number of aromatic nitrogens is 3. The van der Waals surface area contributed by atoms with E-state index in [0.29, 0.717) is 25.4 Å². The zero-order chi connectivity index (χ0) is 21.0. The number of carbonyl (C=O) groups excluding carboxylic acids is 1. The first-order chi connectivity index (χ1) is 13.9. The molecule has 2 heterocycles. The molecule has 7 nitrogen and oxygen atoms in total. The van der Waals surface area contributed by atoms with E-state index in [1.165, 1.54) is 10.2 Å². The lowest BCUT2D eigenvalue weighted by Gasteiger charge is -2.18. The summed E-state index contributed by atoms with van der Waals surface area (Å²) in [5.74, 6) is 1.87. The predicted molar refractivity (Wildman–Crippen MR) is 112 cm³/mol. The summed E-state index contributed by atoms with van der Waals surface area (Å²) in [6.07, 6.45) is 3.05. The minimum Gasteiger partial charge on any atom is -0.481 e. The summed E-state index contributed by atoms with van der Waals surface area (Å²) >= 11 is 0. The lowest BCUT2D eigenvalue weighted by molar-refractivity contribution is -0.127. The molecule has 3 rings (SSSR count). The average Bonchev–Trinajstić information content (AvgIpc) is 3.02. The summed E-state index contributed by atoms with van der Waals surface area (Å²) in [5, 5.41) is 7.32. The van der Waals surface area contributed by atoms with Gasteiger partial charge in [0.2, 0.25) is 0 Å². The van der Waals surface area contributed by atoms with Gasteiger partial charge < -0.3 is 10.1 Å². The van der Waals surface area contributed by atoms with Crippen molar-refractivity contribution in [2.24, 2.45) is 0 Å². The first kappa shape index (κ1) is 21.1. The smallest absolute Gasteiger partial charge is 0.345 e. The number of amides is 1. The summed E-state index contributed by atoms with van der Waals surface area (Å²) in [6, 6.07) is 6.13. The van der Waals surface area contributed by atoms with Crippen molar-refractivity contribution in [1.82, 2.24) is 19.7 Å². The van der Waals surface area contributed by atoms with Crippen molar-refractivity contribution in [3.63, 3.8) is 0 Å². The molecule has 1 amide bonds. The van der Waals surface area contributed by atoms with E-state index in [0.717, 1.165) is 42.9 Å². The van der Waals surface area contributed by atoms with Crippen LogP contribution in [-0.4, -0.2) is 32.9 Å².